The number of hydrogen-bond acceptors (Lipinski definition) is 8. The Labute approximate surface area is 206 Å². The zero-order valence-electron chi connectivity index (χ0n) is 19.0. The van der Waals surface area contributed by atoms with Crippen molar-refractivity contribution in [2.45, 2.75) is 50.5 Å². The molecule has 9 nitrogen and oxygen atoms in total. The number of benzene rings is 1. The van der Waals surface area contributed by atoms with Gasteiger partial charge in [-0.3, -0.25) is 24.0 Å². The fourth-order valence-corrected chi connectivity index (χ4v) is 2.55. The molecule has 1 aromatic rings. The van der Waals surface area contributed by atoms with E-state index in [2.05, 4.69) is 14.2 Å². The van der Waals surface area contributed by atoms with Gasteiger partial charge in [0.15, 0.2) is 5.78 Å². The quantitative estimate of drug-likeness (QED) is 0.243. The van der Waals surface area contributed by atoms with Crippen LogP contribution >= 0.6 is 0 Å². The summed E-state index contributed by atoms with van der Waals surface area (Å²) in [4.78, 5) is 57.2. The largest absolute Gasteiger partial charge is 0.471 e. The Hall–Kier alpha value is -3.86. The van der Waals surface area contributed by atoms with E-state index in [-0.39, 0.29) is 0 Å². The minimum absolute atomic E-state index is 0.383. The van der Waals surface area contributed by atoms with Crippen molar-refractivity contribution >= 4 is 35.1 Å². The number of halogens is 9. The third-order valence-corrected chi connectivity index (χ3v) is 4.27. The van der Waals surface area contributed by atoms with Crippen molar-refractivity contribution in [3.8, 4) is 5.75 Å². The van der Waals surface area contributed by atoms with Crippen LogP contribution in [-0.4, -0.2) is 67.3 Å². The third kappa shape index (κ3) is 8.62. The van der Waals surface area contributed by atoms with Gasteiger partial charge >= 0.3 is 41.9 Å². The molecular formula is C20H16F9NO8. The Morgan fingerprint density at radius 3 is 1.97 bits per heavy atom. The summed E-state index contributed by atoms with van der Waals surface area (Å²) in [5.41, 5.74) is -1.70. The molecule has 212 valence electrons. The second-order valence-electron chi connectivity index (χ2n) is 7.11. The number of esters is 2. The molecule has 0 bridgehead atoms. The highest BCUT2D eigenvalue weighted by molar-refractivity contribution is 6.02. The van der Waals surface area contributed by atoms with E-state index in [0.717, 1.165) is 7.11 Å². The van der Waals surface area contributed by atoms with Crippen LogP contribution in [0, 0.1) is 0 Å². The Morgan fingerprint density at radius 2 is 1.50 bits per heavy atom. The molecule has 2 atom stereocenters. The van der Waals surface area contributed by atoms with Gasteiger partial charge in [-0.1, -0.05) is 0 Å². The summed E-state index contributed by atoms with van der Waals surface area (Å²) in [5, 5.41) is 1.32. The van der Waals surface area contributed by atoms with E-state index in [0.29, 0.717) is 25.1 Å². The monoisotopic (exact) mass is 569 g/mol. The highest BCUT2D eigenvalue weighted by Crippen LogP contribution is 2.36. The highest BCUT2D eigenvalue weighted by Gasteiger charge is 2.63. The van der Waals surface area contributed by atoms with E-state index >= 15 is 0 Å². The lowest BCUT2D eigenvalue weighted by molar-refractivity contribution is -0.229. The number of alkyl halides is 9. The zero-order valence-corrected chi connectivity index (χ0v) is 19.0. The van der Waals surface area contributed by atoms with Crippen LogP contribution < -0.4 is 10.1 Å². The third-order valence-electron chi connectivity index (χ3n) is 4.27. The summed E-state index contributed by atoms with van der Waals surface area (Å²) in [7, 11) is 0.930. The van der Waals surface area contributed by atoms with Gasteiger partial charge in [-0.05, 0) is 18.2 Å². The van der Waals surface area contributed by atoms with Crippen LogP contribution in [0.1, 0.15) is 30.1 Å². The van der Waals surface area contributed by atoms with Crippen LogP contribution in [0.25, 0.3) is 0 Å². The SMILES string of the molecule is COC(=O)CCC(=O)c1cc(NC(=O)C(F)(F)F)ccc1OC(F)C(OC(C)=O)C(F)(F)C(=O)C(F)(F)F. The standard InChI is InChI=1S/C20H16F9NO8/c1-8(31)37-14(18(22,23)16(34)19(24,25)26)15(21)38-12-5-3-9(30-17(35)20(27,28)29)7-10(12)11(32)4-6-13(33)36-2/h3,5,7,14-15H,4,6H2,1-2H3,(H,30,35). The van der Waals surface area contributed by atoms with E-state index in [1.807, 2.05) is 0 Å². The van der Waals surface area contributed by atoms with E-state index in [1.165, 1.54) is 5.32 Å². The number of anilines is 1. The molecule has 1 aromatic carbocycles. The maximum Gasteiger partial charge on any atom is 0.471 e. The summed E-state index contributed by atoms with van der Waals surface area (Å²) in [6, 6.07) is 1.46. The van der Waals surface area contributed by atoms with Crippen molar-refractivity contribution in [2.75, 3.05) is 12.4 Å². The topological polar surface area (TPSA) is 125 Å². The summed E-state index contributed by atoms with van der Waals surface area (Å²) in [6.07, 6.45) is -20.6. The molecule has 0 aliphatic heterocycles. The summed E-state index contributed by atoms with van der Waals surface area (Å²) >= 11 is 0. The first-order valence-corrected chi connectivity index (χ1v) is 9.81. The first kappa shape index (κ1) is 32.2. The molecule has 38 heavy (non-hydrogen) atoms. The van der Waals surface area contributed by atoms with Crippen LogP contribution in [-0.2, 0) is 28.7 Å². The number of ether oxygens (including phenoxy) is 3. The lowest BCUT2D eigenvalue weighted by Gasteiger charge is -2.28. The second kappa shape index (κ2) is 12.1. The molecule has 1 rings (SSSR count). The Bertz CT molecular complexity index is 1090. The number of hydrogen-bond donors (Lipinski definition) is 1. The molecule has 0 aliphatic rings. The molecule has 1 N–H and O–H groups in total. The predicted octanol–water partition coefficient (Wildman–Crippen LogP) is 3.70. The van der Waals surface area contributed by atoms with Gasteiger partial charge in [0.1, 0.15) is 5.75 Å². The molecule has 0 aliphatic carbocycles. The lowest BCUT2D eigenvalue weighted by Crippen LogP contribution is -2.55. The number of methoxy groups -OCH3 is 1. The molecule has 0 spiro atoms. The number of amides is 1. The molecule has 0 saturated heterocycles. The van der Waals surface area contributed by atoms with Crippen LogP contribution in [0.15, 0.2) is 18.2 Å². The Morgan fingerprint density at radius 1 is 0.921 bits per heavy atom. The smallest absolute Gasteiger partial charge is 0.469 e. The number of ketones is 2. The molecule has 0 aromatic heterocycles. The molecule has 2 unspecified atom stereocenters. The van der Waals surface area contributed by atoms with Gasteiger partial charge in [0.2, 0.25) is 6.10 Å². The number of carbonyl (C=O) groups excluding carboxylic acids is 5. The average Bonchev–Trinajstić information content (AvgIpc) is 2.79. The van der Waals surface area contributed by atoms with Crippen molar-refractivity contribution in [3.63, 3.8) is 0 Å². The number of carbonyl (C=O) groups is 5. The molecule has 1 amide bonds. The van der Waals surface area contributed by atoms with Gasteiger partial charge < -0.3 is 19.5 Å². The normalized spacial score (nSPS) is 13.7. The van der Waals surface area contributed by atoms with Gasteiger partial charge in [-0.2, -0.15) is 39.5 Å². The summed E-state index contributed by atoms with van der Waals surface area (Å²) in [5.74, 6) is -17.1. The van der Waals surface area contributed by atoms with Crippen LogP contribution in [0.2, 0.25) is 0 Å². The number of nitrogens with one attached hydrogen (secondary N) is 1. The van der Waals surface area contributed by atoms with Crippen molar-refractivity contribution in [2.24, 2.45) is 0 Å². The predicted molar refractivity (Wildman–Crippen MR) is 104 cm³/mol. The molecule has 0 saturated carbocycles. The summed E-state index contributed by atoms with van der Waals surface area (Å²) < 4.78 is 131. The number of rotatable bonds is 11. The maximum atomic E-state index is 14.7. The first-order valence-electron chi connectivity index (χ1n) is 9.81. The van der Waals surface area contributed by atoms with Crippen molar-refractivity contribution in [1.29, 1.82) is 0 Å². The van der Waals surface area contributed by atoms with Gasteiger partial charge in [0.25, 0.3) is 6.36 Å². The van der Waals surface area contributed by atoms with Gasteiger partial charge in [-0.25, -0.2) is 0 Å². The maximum absolute atomic E-state index is 14.7. The van der Waals surface area contributed by atoms with E-state index in [1.54, 1.807) is 0 Å². The van der Waals surface area contributed by atoms with Crippen molar-refractivity contribution in [1.82, 2.24) is 0 Å². The van der Waals surface area contributed by atoms with Crippen molar-refractivity contribution < 1.29 is 77.7 Å². The Kier molecular flexibility index (Phi) is 10.3. The highest BCUT2D eigenvalue weighted by atomic mass is 19.4. The summed E-state index contributed by atoms with van der Waals surface area (Å²) in [6.45, 7) is 0.383. The van der Waals surface area contributed by atoms with Gasteiger partial charge in [0, 0.05) is 19.0 Å². The minimum atomic E-state index is -6.21. The minimum Gasteiger partial charge on any atom is -0.469 e. The fraction of sp³-hybridized carbons (Fsp3) is 0.450. The zero-order chi connectivity index (χ0) is 29.6. The van der Waals surface area contributed by atoms with Gasteiger partial charge in [0.05, 0.1) is 19.1 Å². The first-order chi connectivity index (χ1) is 17.2. The lowest BCUT2D eigenvalue weighted by atomic mass is 10.0. The molecule has 0 radical (unpaired) electrons. The van der Waals surface area contributed by atoms with E-state index in [9.17, 15) is 63.5 Å². The van der Waals surface area contributed by atoms with Crippen LogP contribution in [0.3, 0.4) is 0 Å². The second-order valence-corrected chi connectivity index (χ2v) is 7.11. The van der Waals surface area contributed by atoms with Crippen LogP contribution in [0.4, 0.5) is 45.2 Å². The van der Waals surface area contributed by atoms with E-state index < -0.39 is 90.0 Å². The molecule has 0 fully saturated rings. The van der Waals surface area contributed by atoms with E-state index in [4.69, 9.17) is 0 Å². The van der Waals surface area contributed by atoms with Crippen molar-refractivity contribution in [3.05, 3.63) is 23.8 Å². The average molecular weight is 569 g/mol. The Balaban J connectivity index is 3.47. The molecular weight excluding hydrogens is 553 g/mol. The molecule has 18 heteroatoms. The van der Waals surface area contributed by atoms with Crippen LogP contribution in [0.5, 0.6) is 5.75 Å². The number of Topliss-reactive ketones (excluding diaryl/α,β-unsaturated/α-hetero) is 2. The van der Waals surface area contributed by atoms with Gasteiger partial charge in [-0.15, -0.1) is 0 Å². The molecule has 0 heterocycles. The fourth-order valence-electron chi connectivity index (χ4n) is 2.55.